The van der Waals surface area contributed by atoms with Crippen molar-refractivity contribution in [2.45, 2.75) is 12.3 Å². The first-order valence-electron chi connectivity index (χ1n) is 8.27. The summed E-state index contributed by atoms with van der Waals surface area (Å²) in [6, 6.07) is 16.2. The van der Waals surface area contributed by atoms with Gasteiger partial charge in [0.05, 0.1) is 6.20 Å². The SMILES string of the molecule is O=C(c1cnoc1-c1cccc(F)c1)N1CCC(c2ccccc2)C1. The summed E-state index contributed by atoms with van der Waals surface area (Å²) in [4.78, 5) is 14.7. The van der Waals surface area contributed by atoms with Crippen molar-refractivity contribution in [2.24, 2.45) is 0 Å². The van der Waals surface area contributed by atoms with Gasteiger partial charge in [0.2, 0.25) is 0 Å². The van der Waals surface area contributed by atoms with Crippen LogP contribution in [0, 0.1) is 5.82 Å². The standard InChI is InChI=1S/C20H17FN2O2/c21-17-8-4-7-15(11-17)19-18(12-22-25-19)20(24)23-10-9-16(13-23)14-5-2-1-3-6-14/h1-8,11-12,16H,9-10,13H2. The molecule has 126 valence electrons. The molecule has 2 heterocycles. The zero-order valence-electron chi connectivity index (χ0n) is 13.6. The highest BCUT2D eigenvalue weighted by molar-refractivity contribution is 5.99. The molecule has 5 heteroatoms. The number of carbonyl (C=O) groups excluding carboxylic acids is 1. The topological polar surface area (TPSA) is 46.3 Å². The molecule has 0 aliphatic carbocycles. The quantitative estimate of drug-likeness (QED) is 0.723. The summed E-state index contributed by atoms with van der Waals surface area (Å²) in [7, 11) is 0. The lowest BCUT2D eigenvalue weighted by atomic mass is 9.99. The van der Waals surface area contributed by atoms with Crippen LogP contribution in [0.15, 0.2) is 65.3 Å². The molecule has 1 fully saturated rings. The van der Waals surface area contributed by atoms with Gasteiger partial charge in [-0.15, -0.1) is 0 Å². The minimum Gasteiger partial charge on any atom is -0.355 e. The van der Waals surface area contributed by atoms with Crippen LogP contribution < -0.4 is 0 Å². The minimum atomic E-state index is -0.377. The van der Waals surface area contributed by atoms with Crippen LogP contribution in [0.25, 0.3) is 11.3 Å². The molecule has 4 nitrogen and oxygen atoms in total. The molecular formula is C20H17FN2O2. The van der Waals surface area contributed by atoms with E-state index in [1.807, 2.05) is 23.1 Å². The summed E-state index contributed by atoms with van der Waals surface area (Å²) in [5.74, 6) is 0.145. The normalized spacial score (nSPS) is 17.0. The Morgan fingerprint density at radius 2 is 2.00 bits per heavy atom. The Hall–Kier alpha value is -2.95. The van der Waals surface area contributed by atoms with Crippen LogP contribution in [0.5, 0.6) is 0 Å². The van der Waals surface area contributed by atoms with Crippen molar-refractivity contribution >= 4 is 5.91 Å². The monoisotopic (exact) mass is 336 g/mol. The van der Waals surface area contributed by atoms with E-state index >= 15 is 0 Å². The second kappa shape index (κ2) is 6.51. The van der Waals surface area contributed by atoms with Gasteiger partial charge in [-0.2, -0.15) is 0 Å². The third-order valence-corrected chi connectivity index (χ3v) is 4.63. The van der Waals surface area contributed by atoms with Crippen LogP contribution in [0.2, 0.25) is 0 Å². The summed E-state index contributed by atoms with van der Waals surface area (Å²) in [5, 5.41) is 3.75. The molecule has 1 aliphatic heterocycles. The maximum absolute atomic E-state index is 13.5. The second-order valence-electron chi connectivity index (χ2n) is 6.23. The predicted octanol–water partition coefficient (Wildman–Crippen LogP) is 4.11. The summed E-state index contributed by atoms with van der Waals surface area (Å²) in [6.45, 7) is 1.35. The van der Waals surface area contributed by atoms with Crippen LogP contribution in [0.1, 0.15) is 28.3 Å². The van der Waals surface area contributed by atoms with Crippen LogP contribution in [-0.2, 0) is 0 Å². The van der Waals surface area contributed by atoms with E-state index in [1.165, 1.54) is 23.9 Å². The third-order valence-electron chi connectivity index (χ3n) is 4.63. The van der Waals surface area contributed by atoms with Gasteiger partial charge in [-0.25, -0.2) is 4.39 Å². The first kappa shape index (κ1) is 15.6. The molecule has 0 N–H and O–H groups in total. The van der Waals surface area contributed by atoms with Crippen molar-refractivity contribution in [3.63, 3.8) is 0 Å². The molecule has 0 bridgehead atoms. The van der Waals surface area contributed by atoms with Crippen molar-refractivity contribution in [1.29, 1.82) is 0 Å². The van der Waals surface area contributed by atoms with Crippen LogP contribution >= 0.6 is 0 Å². The average Bonchev–Trinajstić information content (AvgIpc) is 3.32. The highest BCUT2D eigenvalue weighted by Gasteiger charge is 2.30. The zero-order chi connectivity index (χ0) is 17.2. The van der Waals surface area contributed by atoms with Gasteiger partial charge in [0, 0.05) is 24.6 Å². The van der Waals surface area contributed by atoms with Gasteiger partial charge in [-0.3, -0.25) is 4.79 Å². The lowest BCUT2D eigenvalue weighted by Gasteiger charge is -2.16. The number of carbonyl (C=O) groups is 1. The highest BCUT2D eigenvalue weighted by atomic mass is 19.1. The highest BCUT2D eigenvalue weighted by Crippen LogP contribution is 2.30. The van der Waals surface area contributed by atoms with E-state index in [-0.39, 0.29) is 11.7 Å². The molecule has 1 unspecified atom stereocenters. The number of benzene rings is 2. The Bertz CT molecular complexity index is 891. The molecule has 0 saturated carbocycles. The molecule has 1 amide bonds. The lowest BCUT2D eigenvalue weighted by Crippen LogP contribution is -2.28. The summed E-state index contributed by atoms with van der Waals surface area (Å²) < 4.78 is 18.7. The third kappa shape index (κ3) is 3.05. The Balaban J connectivity index is 1.56. The summed E-state index contributed by atoms with van der Waals surface area (Å²) >= 11 is 0. The maximum Gasteiger partial charge on any atom is 0.259 e. The Labute approximate surface area is 144 Å². The average molecular weight is 336 g/mol. The maximum atomic E-state index is 13.5. The van der Waals surface area contributed by atoms with E-state index in [2.05, 4.69) is 17.3 Å². The molecule has 3 aromatic rings. The molecule has 4 rings (SSSR count). The number of amides is 1. The first-order chi connectivity index (χ1) is 12.2. The number of halogens is 1. The number of nitrogens with zero attached hydrogens (tertiary/aromatic N) is 2. The molecule has 0 spiro atoms. The lowest BCUT2D eigenvalue weighted by molar-refractivity contribution is 0.0791. The molecule has 1 aromatic heterocycles. The van der Waals surface area contributed by atoms with Crippen LogP contribution in [0.3, 0.4) is 0 Å². The van der Waals surface area contributed by atoms with Gasteiger partial charge >= 0.3 is 0 Å². The van der Waals surface area contributed by atoms with Gasteiger partial charge in [0.25, 0.3) is 5.91 Å². The zero-order valence-corrected chi connectivity index (χ0v) is 13.6. The van der Waals surface area contributed by atoms with E-state index in [1.54, 1.807) is 12.1 Å². The van der Waals surface area contributed by atoms with Gasteiger partial charge in [-0.05, 0) is 24.1 Å². The molecule has 2 aromatic carbocycles. The predicted molar refractivity (Wildman–Crippen MR) is 91.6 cm³/mol. The number of likely N-dealkylation sites (tertiary alicyclic amines) is 1. The van der Waals surface area contributed by atoms with Crippen LogP contribution in [0.4, 0.5) is 4.39 Å². The van der Waals surface area contributed by atoms with Crippen molar-refractivity contribution in [3.05, 3.63) is 77.7 Å². The number of aromatic nitrogens is 1. The fourth-order valence-electron chi connectivity index (χ4n) is 3.34. The van der Waals surface area contributed by atoms with E-state index in [0.717, 1.165) is 6.42 Å². The summed E-state index contributed by atoms with van der Waals surface area (Å²) in [6.07, 6.45) is 2.34. The van der Waals surface area contributed by atoms with E-state index in [0.29, 0.717) is 35.9 Å². The molecular weight excluding hydrogens is 319 g/mol. The number of rotatable bonds is 3. The fourth-order valence-corrected chi connectivity index (χ4v) is 3.34. The van der Waals surface area contributed by atoms with Crippen molar-refractivity contribution in [3.8, 4) is 11.3 Å². The van der Waals surface area contributed by atoms with E-state index < -0.39 is 0 Å². The Morgan fingerprint density at radius 1 is 1.16 bits per heavy atom. The number of hydrogen-bond donors (Lipinski definition) is 0. The van der Waals surface area contributed by atoms with Crippen molar-refractivity contribution < 1.29 is 13.7 Å². The second-order valence-corrected chi connectivity index (χ2v) is 6.23. The van der Waals surface area contributed by atoms with E-state index in [4.69, 9.17) is 4.52 Å². The smallest absolute Gasteiger partial charge is 0.259 e. The molecule has 1 atom stereocenters. The van der Waals surface area contributed by atoms with Gasteiger partial charge in [0.1, 0.15) is 11.4 Å². The molecule has 0 radical (unpaired) electrons. The van der Waals surface area contributed by atoms with Crippen molar-refractivity contribution in [1.82, 2.24) is 10.1 Å². The first-order valence-corrected chi connectivity index (χ1v) is 8.27. The molecule has 1 aliphatic rings. The van der Waals surface area contributed by atoms with Gasteiger partial charge in [0.15, 0.2) is 5.76 Å². The van der Waals surface area contributed by atoms with E-state index in [9.17, 15) is 9.18 Å². The van der Waals surface area contributed by atoms with Gasteiger partial charge in [-0.1, -0.05) is 47.6 Å². The largest absolute Gasteiger partial charge is 0.355 e. The minimum absolute atomic E-state index is 0.126. The molecule has 1 saturated heterocycles. The Morgan fingerprint density at radius 3 is 2.80 bits per heavy atom. The fraction of sp³-hybridized carbons (Fsp3) is 0.200. The van der Waals surface area contributed by atoms with Gasteiger partial charge < -0.3 is 9.42 Å². The van der Waals surface area contributed by atoms with Crippen molar-refractivity contribution in [2.75, 3.05) is 13.1 Å². The van der Waals surface area contributed by atoms with Crippen LogP contribution in [-0.4, -0.2) is 29.1 Å². The number of hydrogen-bond acceptors (Lipinski definition) is 3. The molecule has 25 heavy (non-hydrogen) atoms. The summed E-state index contributed by atoms with van der Waals surface area (Å²) in [5.41, 5.74) is 2.13. The Kier molecular flexibility index (Phi) is 4.06.